The molecule has 0 saturated carbocycles. The van der Waals surface area contributed by atoms with Gasteiger partial charge in [0.2, 0.25) is 5.91 Å². The summed E-state index contributed by atoms with van der Waals surface area (Å²) in [5.74, 6) is -0.00470. The number of nitrogens with one attached hydrogen (secondary N) is 2. The highest BCUT2D eigenvalue weighted by Crippen LogP contribution is 2.33. The quantitative estimate of drug-likeness (QED) is 0.911. The molecule has 98 valence electrons. The number of carbonyl (C=O) groups is 1. The third-order valence-corrected chi connectivity index (χ3v) is 4.20. The van der Waals surface area contributed by atoms with Crippen LogP contribution in [0.25, 0.3) is 0 Å². The lowest BCUT2D eigenvalue weighted by Gasteiger charge is -2.09. The standard InChI is InChI=1S/C12H9Cl2N3OS/c13-7-3-8-6(2-11(18)17-8)1-9(7)15-5-12-16-4-10(14)19-12/h1,3-4,15H,2,5H2,(H,17,18). The zero-order valence-corrected chi connectivity index (χ0v) is 12.0. The van der Waals surface area contributed by atoms with E-state index in [0.29, 0.717) is 22.3 Å². The van der Waals surface area contributed by atoms with Gasteiger partial charge in [-0.05, 0) is 17.7 Å². The Morgan fingerprint density at radius 1 is 1.42 bits per heavy atom. The lowest BCUT2D eigenvalue weighted by Crippen LogP contribution is -2.03. The minimum absolute atomic E-state index is 0.00470. The predicted octanol–water partition coefficient (Wildman–Crippen LogP) is 3.56. The smallest absolute Gasteiger partial charge is 0.228 e. The van der Waals surface area contributed by atoms with Crippen LogP contribution in [0.1, 0.15) is 10.6 Å². The van der Waals surface area contributed by atoms with Crippen molar-refractivity contribution < 1.29 is 4.79 Å². The summed E-state index contributed by atoms with van der Waals surface area (Å²) >= 11 is 13.4. The molecule has 1 aliphatic rings. The molecule has 0 spiro atoms. The Kier molecular flexibility index (Phi) is 3.35. The maximum Gasteiger partial charge on any atom is 0.228 e. The predicted molar refractivity (Wildman–Crippen MR) is 78.2 cm³/mol. The summed E-state index contributed by atoms with van der Waals surface area (Å²) in [5.41, 5.74) is 2.54. The van der Waals surface area contributed by atoms with Crippen LogP contribution in [0.3, 0.4) is 0 Å². The largest absolute Gasteiger partial charge is 0.377 e. The lowest BCUT2D eigenvalue weighted by atomic mass is 10.1. The van der Waals surface area contributed by atoms with Gasteiger partial charge in [0.15, 0.2) is 0 Å². The minimum atomic E-state index is -0.00470. The third kappa shape index (κ3) is 2.68. The van der Waals surface area contributed by atoms with Crippen LogP contribution < -0.4 is 10.6 Å². The molecule has 0 radical (unpaired) electrons. The molecular weight excluding hydrogens is 305 g/mol. The number of hydrogen-bond donors (Lipinski definition) is 2. The lowest BCUT2D eigenvalue weighted by molar-refractivity contribution is -0.115. The average Bonchev–Trinajstić information content (AvgIpc) is 2.91. The first-order valence-electron chi connectivity index (χ1n) is 5.58. The fourth-order valence-corrected chi connectivity index (χ4v) is 3.05. The highest BCUT2D eigenvalue weighted by molar-refractivity contribution is 7.15. The van der Waals surface area contributed by atoms with E-state index in [-0.39, 0.29) is 5.91 Å². The molecule has 0 atom stereocenters. The normalized spacial score (nSPS) is 13.3. The second kappa shape index (κ2) is 5.00. The molecule has 19 heavy (non-hydrogen) atoms. The van der Waals surface area contributed by atoms with Gasteiger partial charge in [-0.15, -0.1) is 11.3 Å². The number of halogens is 2. The van der Waals surface area contributed by atoms with E-state index in [1.54, 1.807) is 12.3 Å². The Hall–Kier alpha value is -1.30. The van der Waals surface area contributed by atoms with Crippen molar-refractivity contribution in [1.29, 1.82) is 0 Å². The minimum Gasteiger partial charge on any atom is -0.377 e. The van der Waals surface area contributed by atoms with Crippen molar-refractivity contribution in [2.24, 2.45) is 0 Å². The van der Waals surface area contributed by atoms with E-state index >= 15 is 0 Å². The number of aromatic nitrogens is 1. The van der Waals surface area contributed by atoms with Gasteiger partial charge in [-0.1, -0.05) is 23.2 Å². The number of benzene rings is 1. The van der Waals surface area contributed by atoms with Crippen LogP contribution in [0.4, 0.5) is 11.4 Å². The third-order valence-electron chi connectivity index (χ3n) is 2.77. The molecule has 1 amide bonds. The van der Waals surface area contributed by atoms with E-state index in [1.165, 1.54) is 11.3 Å². The van der Waals surface area contributed by atoms with Crippen molar-refractivity contribution in [3.8, 4) is 0 Å². The van der Waals surface area contributed by atoms with Gasteiger partial charge >= 0.3 is 0 Å². The monoisotopic (exact) mass is 313 g/mol. The van der Waals surface area contributed by atoms with Crippen LogP contribution in [-0.2, 0) is 17.8 Å². The van der Waals surface area contributed by atoms with E-state index < -0.39 is 0 Å². The van der Waals surface area contributed by atoms with Crippen molar-refractivity contribution in [3.05, 3.63) is 38.3 Å². The van der Waals surface area contributed by atoms with Crippen LogP contribution >= 0.6 is 34.5 Å². The fraction of sp³-hybridized carbons (Fsp3) is 0.167. The molecule has 0 fully saturated rings. The number of fused-ring (bicyclic) bond motifs is 1. The van der Waals surface area contributed by atoms with Gasteiger partial charge in [-0.3, -0.25) is 4.79 Å². The second-order valence-corrected chi connectivity index (χ2v) is 6.28. The average molecular weight is 314 g/mol. The summed E-state index contributed by atoms with van der Waals surface area (Å²) in [6.45, 7) is 0.553. The van der Waals surface area contributed by atoms with E-state index in [0.717, 1.165) is 21.9 Å². The Balaban J connectivity index is 1.78. The van der Waals surface area contributed by atoms with Crippen molar-refractivity contribution in [3.63, 3.8) is 0 Å². The molecule has 4 nitrogen and oxygen atoms in total. The number of nitrogens with zero attached hydrogens (tertiary/aromatic N) is 1. The molecule has 0 unspecified atom stereocenters. The Morgan fingerprint density at radius 3 is 3.00 bits per heavy atom. The molecule has 2 N–H and O–H groups in total. The van der Waals surface area contributed by atoms with E-state index in [9.17, 15) is 4.79 Å². The number of amides is 1. The summed E-state index contributed by atoms with van der Waals surface area (Å²) in [5, 5.41) is 7.43. The first-order chi connectivity index (χ1) is 9.11. The molecule has 1 aliphatic heterocycles. The number of carbonyl (C=O) groups excluding carboxylic acids is 1. The number of thiazole rings is 1. The first kappa shape index (κ1) is 12.7. The molecular formula is C12H9Cl2N3OS. The molecule has 3 rings (SSSR count). The van der Waals surface area contributed by atoms with Gasteiger partial charge in [0.05, 0.1) is 29.9 Å². The van der Waals surface area contributed by atoms with Crippen LogP contribution in [0.2, 0.25) is 9.36 Å². The maximum absolute atomic E-state index is 11.3. The molecule has 2 heterocycles. The van der Waals surface area contributed by atoms with Gasteiger partial charge in [-0.25, -0.2) is 4.98 Å². The number of rotatable bonds is 3. The number of hydrogen-bond acceptors (Lipinski definition) is 4. The SMILES string of the molecule is O=C1Cc2cc(NCc3ncc(Cl)s3)c(Cl)cc2N1. The van der Waals surface area contributed by atoms with Gasteiger partial charge in [0.1, 0.15) is 9.34 Å². The first-order valence-corrected chi connectivity index (χ1v) is 7.15. The van der Waals surface area contributed by atoms with Crippen LogP contribution in [0.15, 0.2) is 18.3 Å². The van der Waals surface area contributed by atoms with Gasteiger partial charge in [0.25, 0.3) is 0 Å². The van der Waals surface area contributed by atoms with E-state index in [4.69, 9.17) is 23.2 Å². The fourth-order valence-electron chi connectivity index (χ4n) is 1.92. The summed E-state index contributed by atoms with van der Waals surface area (Å²) < 4.78 is 0.659. The molecule has 0 bridgehead atoms. The molecule has 1 aromatic carbocycles. The zero-order valence-electron chi connectivity index (χ0n) is 9.67. The van der Waals surface area contributed by atoms with Crippen molar-refractivity contribution in [1.82, 2.24) is 4.98 Å². The van der Waals surface area contributed by atoms with Crippen LogP contribution in [0, 0.1) is 0 Å². The Bertz CT molecular complexity index is 656. The molecule has 2 aromatic rings. The summed E-state index contributed by atoms with van der Waals surface area (Å²) in [4.78, 5) is 15.5. The Morgan fingerprint density at radius 2 is 2.26 bits per heavy atom. The second-order valence-electron chi connectivity index (χ2n) is 4.13. The topological polar surface area (TPSA) is 54.0 Å². The maximum atomic E-state index is 11.3. The van der Waals surface area contributed by atoms with Crippen LogP contribution in [-0.4, -0.2) is 10.9 Å². The van der Waals surface area contributed by atoms with Crippen molar-refractivity contribution in [2.45, 2.75) is 13.0 Å². The summed E-state index contributed by atoms with van der Waals surface area (Å²) in [7, 11) is 0. The van der Waals surface area contributed by atoms with Crippen molar-refractivity contribution in [2.75, 3.05) is 10.6 Å². The summed E-state index contributed by atoms with van der Waals surface area (Å²) in [6.07, 6.45) is 2.01. The van der Waals surface area contributed by atoms with Gasteiger partial charge in [0, 0.05) is 5.69 Å². The van der Waals surface area contributed by atoms with E-state index in [1.807, 2.05) is 6.07 Å². The van der Waals surface area contributed by atoms with Gasteiger partial charge in [-0.2, -0.15) is 0 Å². The van der Waals surface area contributed by atoms with Crippen molar-refractivity contribution >= 4 is 51.8 Å². The number of anilines is 2. The molecule has 0 aliphatic carbocycles. The highest BCUT2D eigenvalue weighted by atomic mass is 35.5. The Labute approximate surface area is 123 Å². The zero-order chi connectivity index (χ0) is 13.4. The molecule has 1 aromatic heterocycles. The molecule has 0 saturated heterocycles. The van der Waals surface area contributed by atoms with Gasteiger partial charge < -0.3 is 10.6 Å². The van der Waals surface area contributed by atoms with E-state index in [2.05, 4.69) is 15.6 Å². The highest BCUT2D eigenvalue weighted by Gasteiger charge is 2.19. The molecule has 7 heteroatoms. The summed E-state index contributed by atoms with van der Waals surface area (Å²) in [6, 6.07) is 3.66. The van der Waals surface area contributed by atoms with Crippen LogP contribution in [0.5, 0.6) is 0 Å².